The van der Waals surface area contributed by atoms with Crippen molar-refractivity contribution in [2.75, 3.05) is 6.61 Å². The second kappa shape index (κ2) is 6.17. The lowest BCUT2D eigenvalue weighted by molar-refractivity contribution is -0.0903. The molecular weight excluding hydrogens is 214 g/mol. The normalized spacial score (nSPS) is 32.1. The van der Waals surface area contributed by atoms with E-state index in [1.54, 1.807) is 0 Å². The molecule has 0 aliphatic heterocycles. The predicted molar refractivity (Wildman–Crippen MR) is 70.8 cm³/mol. The number of aliphatic hydroxyl groups excluding tert-OH is 1. The molecule has 17 heavy (non-hydrogen) atoms. The summed E-state index contributed by atoms with van der Waals surface area (Å²) in [5.41, 5.74) is 6.31. The third-order valence-electron chi connectivity index (χ3n) is 3.84. The highest BCUT2D eigenvalue weighted by Gasteiger charge is 2.34. The molecule has 4 unspecified atom stereocenters. The zero-order chi connectivity index (χ0) is 13.1. The van der Waals surface area contributed by atoms with E-state index >= 15 is 0 Å². The third kappa shape index (κ3) is 4.57. The number of hydrogen-bond donors (Lipinski definition) is 2. The van der Waals surface area contributed by atoms with E-state index in [9.17, 15) is 5.11 Å². The summed E-state index contributed by atoms with van der Waals surface area (Å²) in [6.45, 7) is 8.94. The Balaban J connectivity index is 2.54. The lowest BCUT2D eigenvalue weighted by Crippen LogP contribution is -2.43. The minimum absolute atomic E-state index is 0.0281. The minimum Gasteiger partial charge on any atom is -0.394 e. The molecule has 0 spiro atoms. The van der Waals surface area contributed by atoms with Crippen LogP contribution >= 0.6 is 0 Å². The first-order chi connectivity index (χ1) is 7.88. The van der Waals surface area contributed by atoms with Gasteiger partial charge in [-0.05, 0) is 37.0 Å². The summed E-state index contributed by atoms with van der Waals surface area (Å²) in [5.74, 6) is 0.695. The maximum absolute atomic E-state index is 9.35. The number of rotatable bonds is 5. The van der Waals surface area contributed by atoms with Crippen molar-refractivity contribution in [1.82, 2.24) is 0 Å². The van der Waals surface area contributed by atoms with Crippen LogP contribution in [0, 0.1) is 11.3 Å². The van der Waals surface area contributed by atoms with Gasteiger partial charge in [0.2, 0.25) is 0 Å². The fraction of sp³-hybridized carbons (Fsp3) is 1.00. The van der Waals surface area contributed by atoms with Crippen LogP contribution in [-0.2, 0) is 4.74 Å². The SMILES string of the molecule is CCC(N)C(CO)OC1CC(C)CC(C)(C)C1. The number of hydrogen-bond acceptors (Lipinski definition) is 3. The molecule has 0 saturated heterocycles. The standard InChI is InChI=1S/C14H29NO2/c1-5-12(15)13(9-16)17-11-6-10(2)7-14(3,4)8-11/h10-13,16H,5-9,15H2,1-4H3. The average molecular weight is 243 g/mol. The van der Waals surface area contributed by atoms with E-state index in [-0.39, 0.29) is 24.9 Å². The maximum Gasteiger partial charge on any atom is 0.0959 e. The van der Waals surface area contributed by atoms with Crippen molar-refractivity contribution in [3.8, 4) is 0 Å². The van der Waals surface area contributed by atoms with Crippen LogP contribution in [0.25, 0.3) is 0 Å². The van der Waals surface area contributed by atoms with Gasteiger partial charge in [-0.3, -0.25) is 0 Å². The first kappa shape index (κ1) is 14.9. The molecule has 102 valence electrons. The van der Waals surface area contributed by atoms with Crippen molar-refractivity contribution in [3.63, 3.8) is 0 Å². The van der Waals surface area contributed by atoms with Crippen molar-refractivity contribution in [1.29, 1.82) is 0 Å². The van der Waals surface area contributed by atoms with Gasteiger partial charge in [-0.2, -0.15) is 0 Å². The van der Waals surface area contributed by atoms with Crippen LogP contribution in [-0.4, -0.2) is 30.0 Å². The zero-order valence-corrected chi connectivity index (χ0v) is 11.8. The van der Waals surface area contributed by atoms with Gasteiger partial charge < -0.3 is 15.6 Å². The van der Waals surface area contributed by atoms with Gasteiger partial charge >= 0.3 is 0 Å². The molecule has 0 amide bonds. The topological polar surface area (TPSA) is 55.5 Å². The molecule has 3 heteroatoms. The quantitative estimate of drug-likeness (QED) is 0.779. The highest BCUT2D eigenvalue weighted by molar-refractivity contribution is 4.85. The maximum atomic E-state index is 9.35. The summed E-state index contributed by atoms with van der Waals surface area (Å²) < 4.78 is 6.02. The molecule has 0 radical (unpaired) electrons. The summed E-state index contributed by atoms with van der Waals surface area (Å²) in [6.07, 6.45) is 4.32. The molecule has 0 aromatic carbocycles. The van der Waals surface area contributed by atoms with Crippen molar-refractivity contribution in [2.45, 2.75) is 71.6 Å². The highest BCUT2D eigenvalue weighted by atomic mass is 16.5. The van der Waals surface area contributed by atoms with E-state index in [1.165, 1.54) is 6.42 Å². The Labute approximate surface area is 106 Å². The van der Waals surface area contributed by atoms with Gasteiger partial charge in [0.1, 0.15) is 0 Å². The number of nitrogens with two attached hydrogens (primary N) is 1. The monoisotopic (exact) mass is 243 g/mol. The van der Waals surface area contributed by atoms with Crippen LogP contribution < -0.4 is 5.73 Å². The molecule has 0 aromatic heterocycles. The molecule has 0 aromatic rings. The molecular formula is C14H29NO2. The van der Waals surface area contributed by atoms with Gasteiger partial charge in [0.15, 0.2) is 0 Å². The zero-order valence-electron chi connectivity index (χ0n) is 11.8. The summed E-state index contributed by atoms with van der Waals surface area (Å²) in [7, 11) is 0. The van der Waals surface area contributed by atoms with Crippen LogP contribution in [0.3, 0.4) is 0 Å². The molecule has 4 atom stereocenters. The van der Waals surface area contributed by atoms with E-state index in [1.807, 2.05) is 6.92 Å². The highest BCUT2D eigenvalue weighted by Crippen LogP contribution is 2.40. The molecule has 0 heterocycles. The Kier molecular flexibility index (Phi) is 5.42. The molecule has 1 rings (SSSR count). The predicted octanol–water partition coefficient (Wildman–Crippen LogP) is 2.32. The molecule has 1 aliphatic carbocycles. The van der Waals surface area contributed by atoms with Crippen molar-refractivity contribution >= 4 is 0 Å². The molecule has 1 fully saturated rings. The number of ether oxygens (including phenoxy) is 1. The second-order valence-corrected chi connectivity index (χ2v) is 6.46. The fourth-order valence-corrected chi connectivity index (χ4v) is 3.15. The molecule has 0 bridgehead atoms. The Hall–Kier alpha value is -0.120. The largest absolute Gasteiger partial charge is 0.394 e. The lowest BCUT2D eigenvalue weighted by atomic mass is 9.71. The van der Waals surface area contributed by atoms with Gasteiger partial charge in [-0.25, -0.2) is 0 Å². The van der Waals surface area contributed by atoms with Crippen LogP contribution in [0.2, 0.25) is 0 Å². The van der Waals surface area contributed by atoms with Crippen LogP contribution in [0.4, 0.5) is 0 Å². The Morgan fingerprint density at radius 3 is 2.53 bits per heavy atom. The van der Waals surface area contributed by atoms with Gasteiger partial charge in [-0.1, -0.05) is 27.7 Å². The van der Waals surface area contributed by atoms with Gasteiger partial charge in [-0.15, -0.1) is 0 Å². The van der Waals surface area contributed by atoms with Crippen molar-refractivity contribution in [3.05, 3.63) is 0 Å². The van der Waals surface area contributed by atoms with E-state index in [2.05, 4.69) is 20.8 Å². The lowest BCUT2D eigenvalue weighted by Gasteiger charge is -2.40. The van der Waals surface area contributed by atoms with E-state index in [4.69, 9.17) is 10.5 Å². The third-order valence-corrected chi connectivity index (χ3v) is 3.84. The smallest absolute Gasteiger partial charge is 0.0959 e. The molecule has 1 saturated carbocycles. The van der Waals surface area contributed by atoms with E-state index in [0.717, 1.165) is 19.3 Å². The van der Waals surface area contributed by atoms with Gasteiger partial charge in [0, 0.05) is 6.04 Å². The summed E-state index contributed by atoms with van der Waals surface area (Å²) >= 11 is 0. The summed E-state index contributed by atoms with van der Waals surface area (Å²) in [6, 6.07) is -0.0552. The van der Waals surface area contributed by atoms with E-state index in [0.29, 0.717) is 11.3 Å². The van der Waals surface area contributed by atoms with Crippen LogP contribution in [0.5, 0.6) is 0 Å². The van der Waals surface area contributed by atoms with E-state index < -0.39 is 0 Å². The van der Waals surface area contributed by atoms with Gasteiger partial charge in [0.25, 0.3) is 0 Å². The number of aliphatic hydroxyl groups is 1. The van der Waals surface area contributed by atoms with Gasteiger partial charge in [0.05, 0.1) is 18.8 Å². The molecule has 3 nitrogen and oxygen atoms in total. The summed E-state index contributed by atoms with van der Waals surface area (Å²) in [4.78, 5) is 0. The van der Waals surface area contributed by atoms with Crippen LogP contribution in [0.15, 0.2) is 0 Å². The molecule has 1 aliphatic rings. The first-order valence-corrected chi connectivity index (χ1v) is 6.90. The average Bonchev–Trinajstić information content (AvgIpc) is 2.22. The van der Waals surface area contributed by atoms with Crippen molar-refractivity contribution < 1.29 is 9.84 Å². The minimum atomic E-state index is -0.203. The Morgan fingerprint density at radius 2 is 2.06 bits per heavy atom. The van der Waals surface area contributed by atoms with Crippen molar-refractivity contribution in [2.24, 2.45) is 17.1 Å². The van der Waals surface area contributed by atoms with Crippen LogP contribution in [0.1, 0.15) is 53.4 Å². The first-order valence-electron chi connectivity index (χ1n) is 6.90. The Bertz CT molecular complexity index is 230. The fourth-order valence-electron chi connectivity index (χ4n) is 3.15. The summed E-state index contributed by atoms with van der Waals surface area (Å²) in [5, 5.41) is 9.35. The second-order valence-electron chi connectivity index (χ2n) is 6.46. The molecule has 3 N–H and O–H groups in total. The Morgan fingerprint density at radius 1 is 1.41 bits per heavy atom.